The van der Waals surface area contributed by atoms with Crippen LogP contribution in [0.4, 0.5) is 0 Å². The molecule has 0 radical (unpaired) electrons. The zero-order chi connectivity index (χ0) is 32.0. The van der Waals surface area contributed by atoms with Crippen LogP contribution >= 0.6 is 0 Å². The Balaban J connectivity index is 1.34. The first-order valence-electron chi connectivity index (χ1n) is 17.9. The van der Waals surface area contributed by atoms with Crippen molar-refractivity contribution in [2.75, 3.05) is 26.4 Å². The van der Waals surface area contributed by atoms with E-state index in [1.54, 1.807) is 0 Å². The van der Waals surface area contributed by atoms with Gasteiger partial charge in [-0.1, -0.05) is 135 Å². The summed E-state index contributed by atoms with van der Waals surface area (Å²) in [5, 5.41) is 1.17. The Labute approximate surface area is 273 Å². The predicted octanol–water partition coefficient (Wildman–Crippen LogP) is 9.87. The van der Waals surface area contributed by atoms with Crippen LogP contribution in [0.5, 0.6) is 0 Å². The van der Waals surface area contributed by atoms with Gasteiger partial charge in [0, 0.05) is 36.3 Å². The molecule has 1 heterocycles. The average Bonchev–Trinajstić information content (AvgIpc) is 3.05. The monoisotopic (exact) mass is 618 g/mol. The summed E-state index contributed by atoms with van der Waals surface area (Å²) in [5.74, 6) is 0.0731. The SMILES string of the molecule is CCCCCCCCCCCCCCCCOCC(COC(=O)c1ccccc1C[n+]1cccc2ccccc21)OCC(C)C. The fourth-order valence-electron chi connectivity index (χ4n) is 5.73. The molecule has 0 saturated heterocycles. The molecule has 0 saturated carbocycles. The van der Waals surface area contributed by atoms with E-state index in [2.05, 4.69) is 49.7 Å². The summed E-state index contributed by atoms with van der Waals surface area (Å²) in [5.41, 5.74) is 2.64. The second-order valence-corrected chi connectivity index (χ2v) is 13.0. The smallest absolute Gasteiger partial charge is 0.338 e. The van der Waals surface area contributed by atoms with Crippen molar-refractivity contribution in [3.8, 4) is 0 Å². The van der Waals surface area contributed by atoms with Crippen LogP contribution in [0.25, 0.3) is 10.9 Å². The van der Waals surface area contributed by atoms with E-state index in [0.717, 1.165) is 24.1 Å². The molecule has 3 aromatic rings. The quantitative estimate of drug-likeness (QED) is 0.0539. The molecule has 0 bridgehead atoms. The molecule has 2 aromatic carbocycles. The van der Waals surface area contributed by atoms with Crippen LogP contribution < -0.4 is 4.57 Å². The predicted molar refractivity (Wildman–Crippen MR) is 186 cm³/mol. The lowest BCUT2D eigenvalue weighted by Crippen LogP contribution is -2.35. The van der Waals surface area contributed by atoms with Crippen LogP contribution in [0.15, 0.2) is 66.9 Å². The molecule has 1 aromatic heterocycles. The van der Waals surface area contributed by atoms with E-state index in [1.807, 2.05) is 42.5 Å². The number of ether oxygens (including phenoxy) is 3. The van der Waals surface area contributed by atoms with Crippen molar-refractivity contribution < 1.29 is 23.6 Å². The molecule has 5 nitrogen and oxygen atoms in total. The van der Waals surface area contributed by atoms with E-state index >= 15 is 0 Å². The van der Waals surface area contributed by atoms with Gasteiger partial charge in [-0.05, 0) is 30.5 Å². The number of hydrogen-bond donors (Lipinski definition) is 0. The maximum absolute atomic E-state index is 13.3. The van der Waals surface area contributed by atoms with Crippen molar-refractivity contribution in [1.82, 2.24) is 0 Å². The minimum Gasteiger partial charge on any atom is -0.459 e. The Bertz CT molecular complexity index is 1200. The number of para-hydroxylation sites is 1. The highest BCUT2D eigenvalue weighted by atomic mass is 16.6. The first kappa shape index (κ1) is 36.7. The van der Waals surface area contributed by atoms with Gasteiger partial charge < -0.3 is 14.2 Å². The molecule has 0 aliphatic rings. The number of pyridine rings is 1. The lowest BCUT2D eigenvalue weighted by Gasteiger charge is -2.19. The fraction of sp³-hybridized carbons (Fsp3) is 0.600. The zero-order valence-electron chi connectivity index (χ0n) is 28.5. The third-order valence-corrected chi connectivity index (χ3v) is 8.38. The van der Waals surface area contributed by atoms with Crippen molar-refractivity contribution in [2.45, 2.75) is 123 Å². The van der Waals surface area contributed by atoms with Gasteiger partial charge in [-0.15, -0.1) is 0 Å². The van der Waals surface area contributed by atoms with Crippen molar-refractivity contribution in [3.05, 3.63) is 78.0 Å². The lowest BCUT2D eigenvalue weighted by atomic mass is 10.0. The number of unbranched alkanes of at least 4 members (excludes halogenated alkanes) is 13. The normalized spacial score (nSPS) is 12.2. The molecule has 1 atom stereocenters. The molecule has 0 aliphatic heterocycles. The minimum atomic E-state index is -0.323. The Morgan fingerprint density at radius 2 is 1.29 bits per heavy atom. The fourth-order valence-corrected chi connectivity index (χ4v) is 5.73. The van der Waals surface area contributed by atoms with Crippen LogP contribution in [0.1, 0.15) is 127 Å². The van der Waals surface area contributed by atoms with E-state index in [9.17, 15) is 4.79 Å². The summed E-state index contributed by atoms with van der Waals surface area (Å²) in [7, 11) is 0. The Morgan fingerprint density at radius 1 is 0.689 bits per heavy atom. The lowest BCUT2D eigenvalue weighted by molar-refractivity contribution is -0.662. The number of benzene rings is 2. The summed E-state index contributed by atoms with van der Waals surface area (Å²) in [6, 6.07) is 20.1. The molecule has 0 fully saturated rings. The summed E-state index contributed by atoms with van der Waals surface area (Å²) in [6.45, 7) is 9.06. The number of carbonyl (C=O) groups excluding carboxylic acids is 1. The zero-order valence-corrected chi connectivity index (χ0v) is 28.5. The molecular formula is C40H60NO4+. The number of fused-ring (bicyclic) bond motifs is 1. The van der Waals surface area contributed by atoms with Crippen LogP contribution in [0, 0.1) is 5.92 Å². The van der Waals surface area contributed by atoms with Crippen molar-refractivity contribution in [2.24, 2.45) is 5.92 Å². The van der Waals surface area contributed by atoms with Crippen molar-refractivity contribution >= 4 is 16.9 Å². The molecule has 5 heteroatoms. The van der Waals surface area contributed by atoms with E-state index in [-0.39, 0.29) is 18.7 Å². The van der Waals surface area contributed by atoms with Crippen molar-refractivity contribution in [1.29, 1.82) is 0 Å². The molecule has 45 heavy (non-hydrogen) atoms. The minimum absolute atomic E-state index is 0.181. The molecular weight excluding hydrogens is 558 g/mol. The largest absolute Gasteiger partial charge is 0.459 e. The third-order valence-electron chi connectivity index (χ3n) is 8.38. The van der Waals surface area contributed by atoms with Gasteiger partial charge in [0.1, 0.15) is 12.7 Å². The molecule has 0 spiro atoms. The van der Waals surface area contributed by atoms with Gasteiger partial charge in [0.15, 0.2) is 12.7 Å². The highest BCUT2D eigenvalue weighted by Crippen LogP contribution is 2.15. The molecule has 3 rings (SSSR count). The second kappa shape index (κ2) is 22.7. The number of rotatable bonds is 25. The van der Waals surface area contributed by atoms with Crippen LogP contribution in [-0.2, 0) is 20.8 Å². The topological polar surface area (TPSA) is 48.6 Å². The van der Waals surface area contributed by atoms with E-state index in [1.165, 1.54) is 88.9 Å². The number of carbonyl (C=O) groups is 1. The summed E-state index contributed by atoms with van der Waals surface area (Å²) >= 11 is 0. The Hall–Kier alpha value is -2.76. The van der Waals surface area contributed by atoms with Crippen LogP contribution in [0.2, 0.25) is 0 Å². The van der Waals surface area contributed by atoms with Gasteiger partial charge in [0.2, 0.25) is 5.52 Å². The van der Waals surface area contributed by atoms with E-state index in [4.69, 9.17) is 14.2 Å². The number of esters is 1. The number of nitrogens with zero attached hydrogens (tertiary/aromatic N) is 1. The van der Waals surface area contributed by atoms with Gasteiger partial charge in [-0.2, -0.15) is 4.57 Å². The van der Waals surface area contributed by atoms with E-state index < -0.39 is 0 Å². The van der Waals surface area contributed by atoms with E-state index in [0.29, 0.717) is 31.2 Å². The molecule has 0 N–H and O–H groups in total. The van der Waals surface area contributed by atoms with Crippen LogP contribution in [-0.4, -0.2) is 38.5 Å². The summed E-state index contributed by atoms with van der Waals surface area (Å²) in [4.78, 5) is 13.3. The summed E-state index contributed by atoms with van der Waals surface area (Å²) < 4.78 is 20.1. The molecule has 248 valence electrons. The number of aromatic nitrogens is 1. The highest BCUT2D eigenvalue weighted by molar-refractivity contribution is 5.91. The third kappa shape index (κ3) is 14.9. The Morgan fingerprint density at radius 3 is 1.98 bits per heavy atom. The van der Waals surface area contributed by atoms with Gasteiger partial charge in [0.25, 0.3) is 0 Å². The molecule has 0 amide bonds. The van der Waals surface area contributed by atoms with Gasteiger partial charge in [-0.25, -0.2) is 4.79 Å². The first-order valence-corrected chi connectivity index (χ1v) is 17.9. The summed E-state index contributed by atoms with van der Waals surface area (Å²) in [6.07, 6.45) is 20.6. The van der Waals surface area contributed by atoms with Gasteiger partial charge >= 0.3 is 5.97 Å². The highest BCUT2D eigenvalue weighted by Gasteiger charge is 2.20. The van der Waals surface area contributed by atoms with Crippen molar-refractivity contribution in [3.63, 3.8) is 0 Å². The van der Waals surface area contributed by atoms with Crippen LogP contribution in [0.3, 0.4) is 0 Å². The Kier molecular flexibility index (Phi) is 18.5. The second-order valence-electron chi connectivity index (χ2n) is 13.0. The standard InChI is InChI=1S/C40H60NO4/c1-4-5-6-7-8-9-10-11-12-13-14-15-16-21-29-43-32-37(44-31-34(2)3)33-45-40(42)38-26-19-17-24-36(38)30-41-28-22-25-35-23-18-20-27-39(35)41/h17-20,22-28,34,37H,4-16,21,29-33H2,1-3H3/q+1. The number of hydrogen-bond acceptors (Lipinski definition) is 4. The maximum atomic E-state index is 13.3. The molecule has 0 aliphatic carbocycles. The maximum Gasteiger partial charge on any atom is 0.338 e. The van der Waals surface area contributed by atoms with Gasteiger partial charge in [0.05, 0.1) is 12.2 Å². The first-order chi connectivity index (χ1) is 22.1. The average molecular weight is 619 g/mol. The van der Waals surface area contributed by atoms with Gasteiger partial charge in [-0.3, -0.25) is 0 Å². The molecule has 1 unspecified atom stereocenters.